The highest BCUT2D eigenvalue weighted by Gasteiger charge is 2.46. The van der Waals surface area contributed by atoms with Gasteiger partial charge in [0, 0.05) is 66.4 Å². The third-order valence-electron chi connectivity index (χ3n) is 15.3. The first-order valence-corrected chi connectivity index (χ1v) is 26.4. The van der Waals surface area contributed by atoms with Crippen molar-refractivity contribution in [1.82, 2.24) is 0 Å². The molecular formula is C63H41BN2O2Si. The normalized spacial score (nSPS) is 13.2. The van der Waals surface area contributed by atoms with E-state index >= 15 is 0 Å². The van der Waals surface area contributed by atoms with Crippen LogP contribution >= 0.6 is 0 Å². The lowest BCUT2D eigenvalue weighted by Crippen LogP contribution is -2.66. The first-order valence-electron chi connectivity index (χ1n) is 23.9. The molecule has 4 nitrogen and oxygen atoms in total. The molecular weight excluding hydrogens is 856 g/mol. The molecule has 0 atom stereocenters. The van der Waals surface area contributed by atoms with Crippen LogP contribution in [0.3, 0.4) is 0 Å². The molecule has 0 bridgehead atoms. The number of nitrogens with zero attached hydrogens (tertiary/aromatic N) is 2. The number of anilines is 6. The summed E-state index contributed by atoms with van der Waals surface area (Å²) in [6.45, 7) is 2.45. The Hall–Kier alpha value is -8.58. The smallest absolute Gasteiger partial charge is 0.252 e. The van der Waals surface area contributed by atoms with Gasteiger partial charge in [-0.1, -0.05) is 164 Å². The Balaban J connectivity index is 1.13. The van der Waals surface area contributed by atoms with Gasteiger partial charge < -0.3 is 18.6 Å². The van der Waals surface area contributed by atoms with Crippen LogP contribution in [0.15, 0.2) is 239 Å². The van der Waals surface area contributed by atoms with Crippen molar-refractivity contribution >= 4 is 146 Å². The van der Waals surface area contributed by atoms with Gasteiger partial charge >= 0.3 is 0 Å². The van der Waals surface area contributed by atoms with Gasteiger partial charge in [0.1, 0.15) is 30.4 Å². The van der Waals surface area contributed by atoms with Gasteiger partial charge in [0.05, 0.1) is 0 Å². The quantitative estimate of drug-likeness (QED) is 0.127. The average molecular weight is 897 g/mol. The van der Waals surface area contributed by atoms with Gasteiger partial charge in [-0.05, 0) is 116 Å². The van der Waals surface area contributed by atoms with Crippen molar-refractivity contribution in [2.24, 2.45) is 0 Å². The van der Waals surface area contributed by atoms with Crippen LogP contribution in [0, 0.1) is 0 Å². The van der Waals surface area contributed by atoms with Crippen LogP contribution in [0.2, 0.25) is 6.55 Å². The van der Waals surface area contributed by atoms with Gasteiger partial charge in [0.2, 0.25) is 0 Å². The van der Waals surface area contributed by atoms with Gasteiger partial charge in [-0.15, -0.1) is 0 Å². The second-order valence-corrected chi connectivity index (χ2v) is 22.9. The average Bonchev–Trinajstić information content (AvgIpc) is 3.97. The van der Waals surface area contributed by atoms with Gasteiger partial charge in [-0.3, -0.25) is 0 Å². The molecule has 322 valence electrons. The lowest BCUT2D eigenvalue weighted by Gasteiger charge is -2.46. The summed E-state index contributed by atoms with van der Waals surface area (Å²) in [6.07, 6.45) is 0. The molecule has 0 N–H and O–H groups in total. The second-order valence-electron chi connectivity index (χ2n) is 18.9. The maximum absolute atomic E-state index is 6.55. The van der Waals surface area contributed by atoms with E-state index in [1.54, 1.807) is 0 Å². The number of rotatable bonds is 5. The van der Waals surface area contributed by atoms with Gasteiger partial charge in [0.25, 0.3) is 6.71 Å². The Kier molecular flexibility index (Phi) is 8.07. The molecule has 0 saturated carbocycles. The Morgan fingerprint density at radius 3 is 1.20 bits per heavy atom. The molecule has 69 heavy (non-hydrogen) atoms. The molecule has 2 aromatic heterocycles. The summed E-state index contributed by atoms with van der Waals surface area (Å²) in [4.78, 5) is 5.18. The minimum atomic E-state index is -2.73. The Morgan fingerprint density at radius 2 is 0.754 bits per heavy atom. The summed E-state index contributed by atoms with van der Waals surface area (Å²) in [5, 5.41) is 13.2. The molecule has 13 aromatic rings. The van der Waals surface area contributed by atoms with Crippen molar-refractivity contribution in [3.63, 3.8) is 0 Å². The Bertz CT molecular complexity index is 3960. The number of benzene rings is 11. The molecule has 0 amide bonds. The molecule has 0 aliphatic carbocycles. The molecule has 4 heterocycles. The number of fused-ring (bicyclic) bond motifs is 14. The molecule has 0 radical (unpaired) electrons. The van der Waals surface area contributed by atoms with E-state index in [-0.39, 0.29) is 6.71 Å². The molecule has 2 aliphatic heterocycles. The van der Waals surface area contributed by atoms with E-state index in [4.69, 9.17) is 8.83 Å². The largest absolute Gasteiger partial charge is 0.456 e. The zero-order chi connectivity index (χ0) is 45.4. The molecule has 11 aromatic carbocycles. The van der Waals surface area contributed by atoms with Crippen molar-refractivity contribution in [2.45, 2.75) is 6.55 Å². The maximum Gasteiger partial charge on any atom is 0.252 e. The first kappa shape index (κ1) is 38.5. The molecule has 15 rings (SSSR count). The summed E-state index contributed by atoms with van der Waals surface area (Å²) in [7, 11) is -2.73. The molecule has 6 heteroatoms. The first-order chi connectivity index (χ1) is 34.1. The number of hydrogen-bond donors (Lipinski definition) is 0. The van der Waals surface area contributed by atoms with Crippen molar-refractivity contribution in [2.75, 3.05) is 9.80 Å². The fourth-order valence-electron chi connectivity index (χ4n) is 12.1. The molecule has 0 unspecified atom stereocenters. The zero-order valence-electron chi connectivity index (χ0n) is 37.7. The monoisotopic (exact) mass is 896 g/mol. The van der Waals surface area contributed by atoms with Crippen LogP contribution in [0.4, 0.5) is 34.1 Å². The van der Waals surface area contributed by atoms with Gasteiger partial charge in [-0.2, -0.15) is 0 Å². The van der Waals surface area contributed by atoms with Gasteiger partial charge in [0.15, 0.2) is 0 Å². The lowest BCUT2D eigenvalue weighted by atomic mass is 9.33. The van der Waals surface area contributed by atoms with Crippen LogP contribution < -0.4 is 41.7 Å². The standard InChI is InChI=1S/C63H41BN2O2Si/c1-69(44-22-10-4-11-23-44,45-24-12-5-13-25-45)46-36-55-61-56(37-46)66(43-20-8-3-9-21-43)63-50-39-52-48-27-15-17-29-58(48)68-60(52)35-41(50)31-33-54(63)64(61)53-32-30-40-34-59-51(47-26-14-16-28-57(47)67-59)38-49(40)62(53)65(55)42-18-6-2-7-19-42/h2-39H,1H3. The number of furan rings is 2. The molecule has 2 aliphatic rings. The minimum Gasteiger partial charge on any atom is -0.456 e. The SMILES string of the molecule is C[Si](c1ccccc1)(c1ccccc1)c1cc2c3c(c1)N(c1ccccc1)c1c(ccc4cc5oc6ccccc6c5cc14)B3c1ccc3cc4oc5ccccc5c4cc3c1N2c1ccccc1. The number of hydrogen-bond acceptors (Lipinski definition) is 4. The summed E-state index contributed by atoms with van der Waals surface area (Å²) in [5.74, 6) is 0. The van der Waals surface area contributed by atoms with E-state index in [1.807, 2.05) is 0 Å². The summed E-state index contributed by atoms with van der Waals surface area (Å²) < 4.78 is 13.1. The molecule has 0 spiro atoms. The zero-order valence-corrected chi connectivity index (χ0v) is 38.7. The summed E-state index contributed by atoms with van der Waals surface area (Å²) >= 11 is 0. The van der Waals surface area contributed by atoms with Gasteiger partial charge in [-0.25, -0.2) is 0 Å². The summed E-state index contributed by atoms with van der Waals surface area (Å²) in [6, 6.07) is 85.3. The van der Waals surface area contributed by atoms with E-state index < -0.39 is 8.07 Å². The van der Waals surface area contributed by atoms with E-state index in [0.717, 1.165) is 66.0 Å². The maximum atomic E-state index is 6.55. The molecule has 0 saturated heterocycles. The minimum absolute atomic E-state index is 0.0993. The fourth-order valence-corrected chi connectivity index (χ4v) is 15.7. The van der Waals surface area contributed by atoms with Crippen molar-refractivity contribution in [3.05, 3.63) is 231 Å². The third-order valence-corrected chi connectivity index (χ3v) is 19.7. The fraction of sp³-hybridized carbons (Fsp3) is 0.0159. The van der Waals surface area contributed by atoms with E-state index in [1.165, 1.54) is 65.5 Å². The van der Waals surface area contributed by atoms with E-state index in [2.05, 4.69) is 247 Å². The highest BCUT2D eigenvalue weighted by molar-refractivity contribution is 7.11. The predicted molar refractivity (Wildman–Crippen MR) is 293 cm³/mol. The van der Waals surface area contributed by atoms with E-state index in [9.17, 15) is 0 Å². The summed E-state index contributed by atoms with van der Waals surface area (Å²) in [5.41, 5.74) is 14.5. The second kappa shape index (κ2) is 14.5. The van der Waals surface area contributed by atoms with E-state index in [0.29, 0.717) is 0 Å². The molecule has 0 fully saturated rings. The Labute approximate surface area is 400 Å². The number of para-hydroxylation sites is 4. The topological polar surface area (TPSA) is 32.8 Å². The van der Waals surface area contributed by atoms with Crippen molar-refractivity contribution < 1.29 is 8.83 Å². The van der Waals surface area contributed by atoms with Crippen LogP contribution in [0.25, 0.3) is 65.4 Å². The van der Waals surface area contributed by atoms with Crippen LogP contribution in [0.5, 0.6) is 0 Å². The van der Waals surface area contributed by atoms with Crippen LogP contribution in [0.1, 0.15) is 0 Å². The Morgan fingerprint density at radius 1 is 0.348 bits per heavy atom. The highest BCUT2D eigenvalue weighted by Crippen LogP contribution is 2.49. The van der Waals surface area contributed by atoms with Crippen LogP contribution in [-0.2, 0) is 0 Å². The third kappa shape index (κ3) is 5.46. The van der Waals surface area contributed by atoms with Crippen molar-refractivity contribution in [1.29, 1.82) is 0 Å². The lowest BCUT2D eigenvalue weighted by molar-refractivity contribution is 0.669. The van der Waals surface area contributed by atoms with Crippen molar-refractivity contribution in [3.8, 4) is 0 Å². The highest BCUT2D eigenvalue weighted by atomic mass is 28.3. The predicted octanol–water partition coefficient (Wildman–Crippen LogP) is 13.0. The van der Waals surface area contributed by atoms with Crippen LogP contribution in [-0.4, -0.2) is 14.8 Å².